The molecule has 0 radical (unpaired) electrons. The summed E-state index contributed by atoms with van der Waals surface area (Å²) in [4.78, 5) is 0. The third kappa shape index (κ3) is 9.95. The second kappa shape index (κ2) is 6.29. The molecule has 0 heterocycles. The van der Waals surface area contributed by atoms with Gasteiger partial charge >= 0.3 is 6.18 Å². The van der Waals surface area contributed by atoms with Crippen LogP contribution in [0.2, 0.25) is 0 Å². The fraction of sp³-hybridized carbons (Fsp3) is 1.00. The predicted molar refractivity (Wildman–Crippen MR) is 49.0 cm³/mol. The minimum Gasteiger partial charge on any atom is -0.385 e. The summed E-state index contributed by atoms with van der Waals surface area (Å²) in [5.41, 5.74) is 0. The van der Waals surface area contributed by atoms with Crippen LogP contribution in [0.25, 0.3) is 0 Å². The molecule has 0 rings (SSSR count). The first kappa shape index (κ1) is 14.7. The Morgan fingerprint density at radius 2 is 1.93 bits per heavy atom. The molecule has 8 heteroatoms. The van der Waals surface area contributed by atoms with Gasteiger partial charge in [0, 0.05) is 20.3 Å². The van der Waals surface area contributed by atoms with Crippen molar-refractivity contribution in [3.63, 3.8) is 0 Å². The van der Waals surface area contributed by atoms with Gasteiger partial charge in [-0.1, -0.05) is 0 Å². The van der Waals surface area contributed by atoms with Gasteiger partial charge in [0.05, 0.1) is 12.2 Å². The summed E-state index contributed by atoms with van der Waals surface area (Å²) in [6.45, 7) is 0.454. The van der Waals surface area contributed by atoms with Gasteiger partial charge in [-0.2, -0.15) is 13.2 Å². The second-order valence-corrected chi connectivity index (χ2v) is 4.85. The molecule has 0 aliphatic rings. The van der Waals surface area contributed by atoms with Crippen molar-refractivity contribution in [3.05, 3.63) is 0 Å². The number of nitrogens with one attached hydrogen (secondary N) is 1. The van der Waals surface area contributed by atoms with Crippen LogP contribution in [0.15, 0.2) is 0 Å². The highest BCUT2D eigenvalue weighted by Crippen LogP contribution is 2.19. The Morgan fingerprint density at radius 1 is 1.33 bits per heavy atom. The van der Waals surface area contributed by atoms with Crippen molar-refractivity contribution in [1.82, 2.24) is 4.72 Å². The maximum absolute atomic E-state index is 11.7. The van der Waals surface area contributed by atoms with Gasteiger partial charge in [0.15, 0.2) is 0 Å². The highest BCUT2D eigenvalue weighted by Gasteiger charge is 2.29. The lowest BCUT2D eigenvalue weighted by Gasteiger charge is -2.08. The first-order valence-corrected chi connectivity index (χ1v) is 5.95. The summed E-state index contributed by atoms with van der Waals surface area (Å²) in [7, 11) is -2.36. The van der Waals surface area contributed by atoms with Crippen LogP contribution in [0.1, 0.15) is 12.8 Å². The molecule has 0 aliphatic carbocycles. The van der Waals surface area contributed by atoms with E-state index in [4.69, 9.17) is 0 Å². The van der Waals surface area contributed by atoms with Crippen molar-refractivity contribution in [2.24, 2.45) is 0 Å². The number of sulfonamides is 1. The summed E-state index contributed by atoms with van der Waals surface area (Å²) < 4.78 is 63.8. The van der Waals surface area contributed by atoms with Gasteiger partial charge in [0.1, 0.15) is 0 Å². The van der Waals surface area contributed by atoms with E-state index >= 15 is 0 Å². The Morgan fingerprint density at radius 3 is 2.40 bits per heavy atom. The smallest absolute Gasteiger partial charge is 0.385 e. The number of methoxy groups -OCH3 is 1. The lowest BCUT2D eigenvalue weighted by atomic mass is 10.5. The Hall–Kier alpha value is -0.340. The van der Waals surface area contributed by atoms with Crippen molar-refractivity contribution in [1.29, 1.82) is 0 Å². The molecule has 92 valence electrons. The minimum atomic E-state index is -4.44. The molecule has 0 atom stereocenters. The highest BCUT2D eigenvalue weighted by atomic mass is 32.2. The van der Waals surface area contributed by atoms with Gasteiger partial charge in [0.25, 0.3) is 0 Å². The number of alkyl halides is 3. The van der Waals surface area contributed by atoms with Crippen LogP contribution in [-0.2, 0) is 14.8 Å². The van der Waals surface area contributed by atoms with E-state index < -0.39 is 28.4 Å². The van der Waals surface area contributed by atoms with Gasteiger partial charge in [-0.05, 0) is 6.42 Å². The largest absolute Gasteiger partial charge is 0.390 e. The molecule has 0 fully saturated rings. The summed E-state index contributed by atoms with van der Waals surface area (Å²) >= 11 is 0. The summed E-state index contributed by atoms with van der Waals surface area (Å²) in [6.07, 6.45) is -5.34. The third-order valence-corrected chi connectivity index (χ3v) is 2.89. The Balaban J connectivity index is 3.78. The van der Waals surface area contributed by atoms with E-state index in [1.807, 2.05) is 0 Å². The molecule has 0 aromatic carbocycles. The molecule has 0 aliphatic heterocycles. The van der Waals surface area contributed by atoms with E-state index in [0.717, 1.165) is 0 Å². The Bertz CT molecular complexity index is 263. The number of rotatable bonds is 7. The second-order valence-electron chi connectivity index (χ2n) is 2.92. The molecule has 0 saturated carbocycles. The van der Waals surface area contributed by atoms with E-state index in [0.29, 0.717) is 13.0 Å². The summed E-state index contributed by atoms with van der Waals surface area (Å²) in [6, 6.07) is 0. The fourth-order valence-electron chi connectivity index (χ4n) is 0.766. The van der Waals surface area contributed by atoms with Crippen LogP contribution >= 0.6 is 0 Å². The molecule has 0 bridgehead atoms. The van der Waals surface area contributed by atoms with E-state index in [2.05, 4.69) is 9.46 Å². The first-order valence-electron chi connectivity index (χ1n) is 4.30. The molecular weight excluding hydrogens is 235 g/mol. The van der Waals surface area contributed by atoms with Crippen LogP contribution < -0.4 is 4.72 Å². The lowest BCUT2D eigenvalue weighted by molar-refractivity contribution is -0.129. The molecule has 0 unspecified atom stereocenters. The third-order valence-electron chi connectivity index (χ3n) is 1.50. The number of ether oxygens (including phenoxy) is 1. The zero-order valence-corrected chi connectivity index (χ0v) is 9.12. The van der Waals surface area contributed by atoms with Crippen molar-refractivity contribution in [2.45, 2.75) is 19.0 Å². The van der Waals surface area contributed by atoms with Crippen LogP contribution in [0.4, 0.5) is 13.2 Å². The molecule has 0 saturated heterocycles. The van der Waals surface area contributed by atoms with Crippen LogP contribution in [0, 0.1) is 0 Å². The zero-order chi connectivity index (χ0) is 11.9. The maximum atomic E-state index is 11.7. The molecule has 15 heavy (non-hydrogen) atoms. The molecule has 1 N–H and O–H groups in total. The van der Waals surface area contributed by atoms with Crippen LogP contribution in [0.5, 0.6) is 0 Å². The quantitative estimate of drug-likeness (QED) is 0.682. The molecule has 0 spiro atoms. The van der Waals surface area contributed by atoms with Gasteiger partial charge in [-0.3, -0.25) is 0 Å². The van der Waals surface area contributed by atoms with Gasteiger partial charge in [-0.15, -0.1) is 0 Å². The van der Waals surface area contributed by atoms with E-state index in [1.165, 1.54) is 7.11 Å². The van der Waals surface area contributed by atoms with Crippen molar-refractivity contribution >= 4 is 10.0 Å². The average Bonchev–Trinajstić information content (AvgIpc) is 2.09. The predicted octanol–water partition coefficient (Wildman–Crippen LogP) is 0.895. The lowest BCUT2D eigenvalue weighted by Crippen LogP contribution is -2.30. The van der Waals surface area contributed by atoms with E-state index in [1.54, 1.807) is 0 Å². The van der Waals surface area contributed by atoms with E-state index in [-0.39, 0.29) is 6.54 Å². The molecular formula is C7H14F3NO3S. The van der Waals surface area contributed by atoms with Gasteiger partial charge < -0.3 is 4.74 Å². The standard InChI is InChI=1S/C7H14F3NO3S/c1-14-5-2-4-11-15(12,13)6-3-7(8,9)10/h11H,2-6H2,1H3. The van der Waals surface area contributed by atoms with Crippen molar-refractivity contribution < 1.29 is 26.3 Å². The maximum Gasteiger partial charge on any atom is 0.390 e. The molecule has 0 aromatic rings. The molecule has 0 aromatic heterocycles. The minimum absolute atomic E-state index is 0.0913. The van der Waals surface area contributed by atoms with Crippen molar-refractivity contribution in [2.75, 3.05) is 26.0 Å². The number of halogens is 3. The van der Waals surface area contributed by atoms with Gasteiger partial charge in [-0.25, -0.2) is 13.1 Å². The topological polar surface area (TPSA) is 55.4 Å². The Kier molecular flexibility index (Phi) is 6.15. The normalized spacial score (nSPS) is 13.1. The molecule has 4 nitrogen and oxygen atoms in total. The van der Waals surface area contributed by atoms with Gasteiger partial charge in [0.2, 0.25) is 10.0 Å². The van der Waals surface area contributed by atoms with E-state index in [9.17, 15) is 21.6 Å². The molecule has 0 amide bonds. The Labute approximate surface area is 86.8 Å². The van der Waals surface area contributed by atoms with Crippen molar-refractivity contribution in [3.8, 4) is 0 Å². The first-order chi connectivity index (χ1) is 6.77. The summed E-state index contributed by atoms with van der Waals surface area (Å²) in [5.74, 6) is -0.927. The average molecular weight is 249 g/mol. The highest BCUT2D eigenvalue weighted by molar-refractivity contribution is 7.89. The zero-order valence-electron chi connectivity index (χ0n) is 8.30. The number of hydrogen-bond acceptors (Lipinski definition) is 3. The van der Waals surface area contributed by atoms with Crippen LogP contribution in [-0.4, -0.2) is 40.6 Å². The van der Waals surface area contributed by atoms with Crippen LogP contribution in [0.3, 0.4) is 0 Å². The fourth-order valence-corrected chi connectivity index (χ4v) is 1.87. The monoisotopic (exact) mass is 249 g/mol. The number of hydrogen-bond donors (Lipinski definition) is 1. The SMILES string of the molecule is COCCCNS(=O)(=O)CCC(F)(F)F. The summed E-state index contributed by atoms with van der Waals surface area (Å²) in [5, 5.41) is 0.